The molecular weight excluding hydrogens is 316 g/mol. The summed E-state index contributed by atoms with van der Waals surface area (Å²) < 4.78 is 10.5. The quantitative estimate of drug-likeness (QED) is 0.794. The van der Waals surface area contributed by atoms with Crippen LogP contribution in [0.25, 0.3) is 0 Å². The van der Waals surface area contributed by atoms with Gasteiger partial charge in [0.15, 0.2) is 0 Å². The highest BCUT2D eigenvalue weighted by atomic mass is 16.5. The van der Waals surface area contributed by atoms with Gasteiger partial charge < -0.3 is 14.4 Å². The van der Waals surface area contributed by atoms with Crippen LogP contribution in [0.4, 0.5) is 0 Å². The Morgan fingerprint density at radius 1 is 1.08 bits per heavy atom. The van der Waals surface area contributed by atoms with E-state index in [0.717, 1.165) is 57.6 Å². The standard InChI is InChI=1S/C20H30N2O3/c1-24-15-14-22-19(23)8-10-20(22)9-3-12-21(13-11-20)16-17-4-6-18(25-2)7-5-17/h4-7H,3,8-16H2,1-2H3/t20-/m1/s1. The van der Waals surface area contributed by atoms with Gasteiger partial charge in [-0.1, -0.05) is 12.1 Å². The van der Waals surface area contributed by atoms with Gasteiger partial charge in [0.1, 0.15) is 5.75 Å². The molecule has 1 amide bonds. The summed E-state index contributed by atoms with van der Waals surface area (Å²) in [4.78, 5) is 17.0. The third kappa shape index (κ3) is 4.15. The van der Waals surface area contributed by atoms with E-state index < -0.39 is 0 Å². The summed E-state index contributed by atoms with van der Waals surface area (Å²) in [6.07, 6.45) is 5.03. The maximum atomic E-state index is 12.3. The number of ether oxygens (including phenoxy) is 2. The molecule has 2 heterocycles. The molecule has 3 rings (SSSR count). The molecule has 0 bridgehead atoms. The molecule has 138 valence electrons. The lowest BCUT2D eigenvalue weighted by atomic mass is 9.88. The Bertz CT molecular complexity index is 575. The van der Waals surface area contributed by atoms with Crippen LogP contribution in [0.5, 0.6) is 5.75 Å². The predicted molar refractivity (Wildman–Crippen MR) is 97.7 cm³/mol. The first kappa shape index (κ1) is 18.2. The summed E-state index contributed by atoms with van der Waals surface area (Å²) in [6, 6.07) is 8.33. The van der Waals surface area contributed by atoms with E-state index in [1.54, 1.807) is 14.2 Å². The fourth-order valence-corrected chi connectivity index (χ4v) is 4.32. The van der Waals surface area contributed by atoms with Crippen molar-refractivity contribution in [2.24, 2.45) is 0 Å². The summed E-state index contributed by atoms with van der Waals surface area (Å²) in [7, 11) is 3.40. The highest BCUT2D eigenvalue weighted by molar-refractivity contribution is 5.79. The first-order chi connectivity index (χ1) is 12.2. The molecule has 2 aliphatic rings. The Morgan fingerprint density at radius 3 is 2.60 bits per heavy atom. The van der Waals surface area contributed by atoms with Crippen molar-refractivity contribution in [2.75, 3.05) is 40.5 Å². The molecule has 2 aliphatic heterocycles. The van der Waals surface area contributed by atoms with E-state index in [0.29, 0.717) is 18.9 Å². The fraction of sp³-hybridized carbons (Fsp3) is 0.650. The van der Waals surface area contributed by atoms with Crippen molar-refractivity contribution in [3.8, 4) is 5.75 Å². The number of benzene rings is 1. The van der Waals surface area contributed by atoms with Crippen LogP contribution in [-0.4, -0.2) is 61.7 Å². The molecule has 1 atom stereocenters. The largest absolute Gasteiger partial charge is 0.497 e. The summed E-state index contributed by atoms with van der Waals surface area (Å²) in [5, 5.41) is 0. The molecule has 1 spiro atoms. The van der Waals surface area contributed by atoms with Crippen molar-refractivity contribution in [1.82, 2.24) is 9.80 Å². The number of carbonyl (C=O) groups excluding carboxylic acids is 1. The van der Waals surface area contributed by atoms with E-state index in [1.165, 1.54) is 5.56 Å². The molecule has 1 aromatic rings. The van der Waals surface area contributed by atoms with Gasteiger partial charge in [-0.25, -0.2) is 0 Å². The van der Waals surface area contributed by atoms with Crippen molar-refractivity contribution in [3.63, 3.8) is 0 Å². The van der Waals surface area contributed by atoms with Gasteiger partial charge in [-0.3, -0.25) is 9.69 Å². The number of nitrogens with zero attached hydrogens (tertiary/aromatic N) is 2. The zero-order chi connectivity index (χ0) is 17.7. The Balaban J connectivity index is 1.62. The average Bonchev–Trinajstić information content (AvgIpc) is 2.80. The molecule has 0 aromatic heterocycles. The van der Waals surface area contributed by atoms with Crippen LogP contribution in [0.15, 0.2) is 24.3 Å². The minimum Gasteiger partial charge on any atom is -0.497 e. The molecule has 1 aromatic carbocycles. The van der Waals surface area contributed by atoms with E-state index in [-0.39, 0.29) is 5.54 Å². The van der Waals surface area contributed by atoms with Gasteiger partial charge in [-0.05, 0) is 49.9 Å². The van der Waals surface area contributed by atoms with Crippen LogP contribution in [0.2, 0.25) is 0 Å². The van der Waals surface area contributed by atoms with Crippen LogP contribution in [0.3, 0.4) is 0 Å². The highest BCUT2D eigenvalue weighted by Crippen LogP contribution is 2.39. The van der Waals surface area contributed by atoms with E-state index >= 15 is 0 Å². The van der Waals surface area contributed by atoms with Crippen LogP contribution in [0.1, 0.15) is 37.7 Å². The van der Waals surface area contributed by atoms with E-state index in [2.05, 4.69) is 21.9 Å². The maximum Gasteiger partial charge on any atom is 0.223 e. The zero-order valence-electron chi connectivity index (χ0n) is 15.5. The lowest BCUT2D eigenvalue weighted by Crippen LogP contribution is -2.47. The summed E-state index contributed by atoms with van der Waals surface area (Å²) in [5.41, 5.74) is 1.38. The summed E-state index contributed by atoms with van der Waals surface area (Å²) in [5.74, 6) is 1.21. The molecule has 2 fully saturated rings. The number of methoxy groups -OCH3 is 2. The van der Waals surface area contributed by atoms with Gasteiger partial charge in [0, 0.05) is 38.7 Å². The van der Waals surface area contributed by atoms with Crippen LogP contribution in [0, 0.1) is 0 Å². The number of rotatable bonds is 6. The number of likely N-dealkylation sites (tertiary alicyclic amines) is 2. The molecule has 25 heavy (non-hydrogen) atoms. The summed E-state index contributed by atoms with van der Waals surface area (Å²) in [6.45, 7) is 4.46. The number of hydrogen-bond acceptors (Lipinski definition) is 4. The third-order valence-corrected chi connectivity index (χ3v) is 5.77. The molecule has 0 radical (unpaired) electrons. The van der Waals surface area contributed by atoms with Crippen molar-refractivity contribution in [1.29, 1.82) is 0 Å². The molecule has 0 saturated carbocycles. The molecule has 0 aliphatic carbocycles. The molecular formula is C20H30N2O3. The fourth-order valence-electron chi connectivity index (χ4n) is 4.32. The number of carbonyl (C=O) groups is 1. The lowest BCUT2D eigenvalue weighted by Gasteiger charge is -2.38. The van der Waals surface area contributed by atoms with Gasteiger partial charge in [-0.2, -0.15) is 0 Å². The smallest absolute Gasteiger partial charge is 0.223 e. The molecule has 5 nitrogen and oxygen atoms in total. The molecule has 0 unspecified atom stereocenters. The van der Waals surface area contributed by atoms with Crippen molar-refractivity contribution < 1.29 is 14.3 Å². The number of amides is 1. The topological polar surface area (TPSA) is 42.0 Å². The Hall–Kier alpha value is -1.59. The lowest BCUT2D eigenvalue weighted by molar-refractivity contribution is -0.132. The predicted octanol–water partition coefficient (Wildman–Crippen LogP) is 2.69. The Kier molecular flexibility index (Phi) is 5.97. The van der Waals surface area contributed by atoms with Crippen molar-refractivity contribution in [2.45, 2.75) is 44.2 Å². The highest BCUT2D eigenvalue weighted by Gasteiger charge is 2.45. The van der Waals surface area contributed by atoms with E-state index in [4.69, 9.17) is 9.47 Å². The average molecular weight is 346 g/mol. The maximum absolute atomic E-state index is 12.3. The Labute approximate surface area is 150 Å². The van der Waals surface area contributed by atoms with Crippen molar-refractivity contribution >= 4 is 5.91 Å². The second kappa shape index (κ2) is 8.19. The van der Waals surface area contributed by atoms with Gasteiger partial charge in [0.05, 0.1) is 13.7 Å². The molecule has 0 N–H and O–H groups in total. The van der Waals surface area contributed by atoms with Crippen molar-refractivity contribution in [3.05, 3.63) is 29.8 Å². The van der Waals surface area contributed by atoms with E-state index in [1.807, 2.05) is 12.1 Å². The third-order valence-electron chi connectivity index (χ3n) is 5.77. The first-order valence-corrected chi connectivity index (χ1v) is 9.31. The van der Waals surface area contributed by atoms with Gasteiger partial charge >= 0.3 is 0 Å². The minimum absolute atomic E-state index is 0.0598. The summed E-state index contributed by atoms with van der Waals surface area (Å²) >= 11 is 0. The van der Waals surface area contributed by atoms with Gasteiger partial charge in [0.25, 0.3) is 0 Å². The first-order valence-electron chi connectivity index (χ1n) is 9.31. The second-order valence-electron chi connectivity index (χ2n) is 7.24. The Morgan fingerprint density at radius 2 is 1.88 bits per heavy atom. The van der Waals surface area contributed by atoms with Crippen LogP contribution in [-0.2, 0) is 16.1 Å². The molecule has 2 saturated heterocycles. The minimum atomic E-state index is 0.0598. The number of hydrogen-bond donors (Lipinski definition) is 0. The van der Waals surface area contributed by atoms with Crippen LogP contribution < -0.4 is 4.74 Å². The normalized spacial score (nSPS) is 24.7. The monoisotopic (exact) mass is 346 g/mol. The van der Waals surface area contributed by atoms with E-state index in [9.17, 15) is 4.79 Å². The second-order valence-corrected chi connectivity index (χ2v) is 7.24. The van der Waals surface area contributed by atoms with Crippen LogP contribution >= 0.6 is 0 Å². The SMILES string of the molecule is COCCN1C(=O)CC[C@@]12CCCN(Cc1ccc(OC)cc1)CC2. The molecule has 5 heteroatoms. The van der Waals surface area contributed by atoms with Gasteiger partial charge in [0.2, 0.25) is 5.91 Å². The van der Waals surface area contributed by atoms with Gasteiger partial charge in [-0.15, -0.1) is 0 Å². The zero-order valence-corrected chi connectivity index (χ0v) is 15.5.